The standard InChI is InChI=1S/C16H12Br2N4OS/c17-11-4-1-3-10(7-11)15-21-14(23-22-15)9-19-16(24)20-13-6-2-5-12(18)8-13/h1-8H,9H2,(H2,19,20,24). The SMILES string of the molecule is S=C(NCc1nc(-c2cccc(Br)c2)no1)Nc1cccc(Br)c1. The molecule has 0 radical (unpaired) electrons. The predicted molar refractivity (Wildman–Crippen MR) is 105 cm³/mol. The summed E-state index contributed by atoms with van der Waals surface area (Å²) in [5.41, 5.74) is 1.77. The number of anilines is 1. The Hall–Kier alpha value is -1.77. The van der Waals surface area contributed by atoms with E-state index in [1.165, 1.54) is 0 Å². The number of rotatable bonds is 4. The molecule has 0 bridgehead atoms. The summed E-state index contributed by atoms with van der Waals surface area (Å²) in [6.45, 7) is 0.348. The van der Waals surface area contributed by atoms with Crippen LogP contribution in [0.4, 0.5) is 5.69 Å². The van der Waals surface area contributed by atoms with Gasteiger partial charge in [-0.1, -0.05) is 55.2 Å². The van der Waals surface area contributed by atoms with Crippen LogP contribution in [-0.4, -0.2) is 15.3 Å². The fraction of sp³-hybridized carbons (Fsp3) is 0.0625. The van der Waals surface area contributed by atoms with Crippen molar-refractivity contribution in [3.05, 3.63) is 63.4 Å². The van der Waals surface area contributed by atoms with E-state index in [1.54, 1.807) is 0 Å². The van der Waals surface area contributed by atoms with Crippen LogP contribution in [0.1, 0.15) is 5.89 Å². The van der Waals surface area contributed by atoms with E-state index in [9.17, 15) is 0 Å². The fourth-order valence-electron chi connectivity index (χ4n) is 1.97. The maximum absolute atomic E-state index is 5.26. The van der Waals surface area contributed by atoms with Crippen LogP contribution in [0.3, 0.4) is 0 Å². The summed E-state index contributed by atoms with van der Waals surface area (Å²) in [5, 5.41) is 10.6. The third-order valence-electron chi connectivity index (χ3n) is 3.03. The first-order valence-electron chi connectivity index (χ1n) is 6.99. The molecule has 5 nitrogen and oxygen atoms in total. The quantitative estimate of drug-likeness (QED) is 0.540. The first kappa shape index (κ1) is 17.1. The van der Waals surface area contributed by atoms with Gasteiger partial charge in [0.05, 0.1) is 6.54 Å². The molecule has 0 aliphatic carbocycles. The van der Waals surface area contributed by atoms with Gasteiger partial charge in [0.1, 0.15) is 0 Å². The minimum Gasteiger partial charge on any atom is -0.353 e. The molecule has 3 aromatic rings. The Kier molecular flexibility index (Phi) is 5.60. The van der Waals surface area contributed by atoms with Crippen molar-refractivity contribution in [2.24, 2.45) is 0 Å². The van der Waals surface area contributed by atoms with Crippen molar-refractivity contribution in [3.8, 4) is 11.4 Å². The Balaban J connectivity index is 1.58. The molecule has 1 aromatic heterocycles. The number of halogens is 2. The van der Waals surface area contributed by atoms with Crippen molar-refractivity contribution < 1.29 is 4.52 Å². The van der Waals surface area contributed by atoms with Gasteiger partial charge in [-0.15, -0.1) is 0 Å². The van der Waals surface area contributed by atoms with E-state index >= 15 is 0 Å². The van der Waals surface area contributed by atoms with Crippen molar-refractivity contribution >= 4 is 54.9 Å². The van der Waals surface area contributed by atoms with Gasteiger partial charge in [-0.3, -0.25) is 0 Å². The number of aromatic nitrogens is 2. The molecule has 0 unspecified atom stereocenters. The third-order valence-corrected chi connectivity index (χ3v) is 4.27. The summed E-state index contributed by atoms with van der Waals surface area (Å²) in [6.07, 6.45) is 0. The van der Waals surface area contributed by atoms with Gasteiger partial charge in [-0.2, -0.15) is 4.98 Å². The molecule has 2 aromatic carbocycles. The summed E-state index contributed by atoms with van der Waals surface area (Å²) in [6, 6.07) is 15.5. The Bertz CT molecular complexity index is 869. The molecule has 0 aliphatic heterocycles. The molecule has 0 fully saturated rings. The van der Waals surface area contributed by atoms with Crippen molar-refractivity contribution in [2.75, 3.05) is 5.32 Å². The monoisotopic (exact) mass is 466 g/mol. The molecular weight excluding hydrogens is 456 g/mol. The van der Waals surface area contributed by atoms with Crippen LogP contribution in [0.2, 0.25) is 0 Å². The molecule has 0 aliphatic rings. The van der Waals surface area contributed by atoms with Gasteiger partial charge in [0.2, 0.25) is 11.7 Å². The lowest BCUT2D eigenvalue weighted by atomic mass is 10.2. The number of hydrogen-bond donors (Lipinski definition) is 2. The lowest BCUT2D eigenvalue weighted by Crippen LogP contribution is -2.27. The zero-order valence-electron chi connectivity index (χ0n) is 12.3. The van der Waals surface area contributed by atoms with Crippen LogP contribution < -0.4 is 10.6 Å². The van der Waals surface area contributed by atoms with Crippen LogP contribution >= 0.6 is 44.1 Å². The van der Waals surface area contributed by atoms with Crippen molar-refractivity contribution in [1.82, 2.24) is 15.5 Å². The summed E-state index contributed by atoms with van der Waals surface area (Å²) in [4.78, 5) is 4.36. The zero-order valence-corrected chi connectivity index (χ0v) is 16.3. The number of nitrogens with one attached hydrogen (secondary N) is 2. The highest BCUT2D eigenvalue weighted by molar-refractivity contribution is 9.10. The molecule has 24 heavy (non-hydrogen) atoms. The Morgan fingerprint density at radius 2 is 1.83 bits per heavy atom. The lowest BCUT2D eigenvalue weighted by Gasteiger charge is -2.08. The number of thiocarbonyl (C=S) groups is 1. The summed E-state index contributed by atoms with van der Waals surface area (Å²) < 4.78 is 7.18. The molecule has 8 heteroatoms. The molecular formula is C16H12Br2N4OS. The maximum atomic E-state index is 5.26. The maximum Gasteiger partial charge on any atom is 0.246 e. The van der Waals surface area contributed by atoms with Crippen LogP contribution in [0.15, 0.2) is 62.0 Å². The van der Waals surface area contributed by atoms with Gasteiger partial charge in [0.15, 0.2) is 5.11 Å². The van der Waals surface area contributed by atoms with E-state index in [1.807, 2.05) is 48.5 Å². The van der Waals surface area contributed by atoms with E-state index in [0.717, 1.165) is 20.2 Å². The lowest BCUT2D eigenvalue weighted by molar-refractivity contribution is 0.376. The molecule has 1 heterocycles. The highest BCUT2D eigenvalue weighted by Gasteiger charge is 2.09. The van der Waals surface area contributed by atoms with E-state index in [4.69, 9.17) is 16.7 Å². The van der Waals surface area contributed by atoms with Crippen LogP contribution in [0.25, 0.3) is 11.4 Å². The van der Waals surface area contributed by atoms with Gasteiger partial charge < -0.3 is 15.2 Å². The molecule has 0 amide bonds. The van der Waals surface area contributed by atoms with E-state index in [2.05, 4.69) is 52.6 Å². The van der Waals surface area contributed by atoms with Gasteiger partial charge in [0, 0.05) is 20.2 Å². The van der Waals surface area contributed by atoms with Gasteiger partial charge in [-0.05, 0) is 42.5 Å². The second-order valence-electron chi connectivity index (χ2n) is 4.84. The zero-order chi connectivity index (χ0) is 16.9. The number of nitrogens with zero attached hydrogens (tertiary/aromatic N) is 2. The van der Waals surface area contributed by atoms with Gasteiger partial charge >= 0.3 is 0 Å². The van der Waals surface area contributed by atoms with Gasteiger partial charge in [0.25, 0.3) is 0 Å². The highest BCUT2D eigenvalue weighted by Crippen LogP contribution is 2.20. The molecule has 2 N–H and O–H groups in total. The molecule has 122 valence electrons. The molecule has 0 saturated heterocycles. The third kappa shape index (κ3) is 4.62. The van der Waals surface area contributed by atoms with Crippen molar-refractivity contribution in [2.45, 2.75) is 6.54 Å². The van der Waals surface area contributed by atoms with E-state index in [-0.39, 0.29) is 0 Å². The number of hydrogen-bond acceptors (Lipinski definition) is 4. The topological polar surface area (TPSA) is 63.0 Å². The Morgan fingerprint density at radius 3 is 2.58 bits per heavy atom. The smallest absolute Gasteiger partial charge is 0.246 e. The van der Waals surface area contributed by atoms with Crippen molar-refractivity contribution in [3.63, 3.8) is 0 Å². The van der Waals surface area contributed by atoms with Crippen molar-refractivity contribution in [1.29, 1.82) is 0 Å². The second-order valence-corrected chi connectivity index (χ2v) is 7.08. The normalized spacial score (nSPS) is 10.4. The van der Waals surface area contributed by atoms with E-state index < -0.39 is 0 Å². The van der Waals surface area contributed by atoms with Crippen LogP contribution in [0.5, 0.6) is 0 Å². The summed E-state index contributed by atoms with van der Waals surface area (Å²) in [5.74, 6) is 1.00. The van der Waals surface area contributed by atoms with Crippen LogP contribution in [-0.2, 0) is 6.54 Å². The number of benzene rings is 2. The first-order valence-corrected chi connectivity index (χ1v) is 8.98. The minimum absolute atomic E-state index is 0.348. The fourth-order valence-corrected chi connectivity index (χ4v) is 2.96. The van der Waals surface area contributed by atoms with Crippen LogP contribution in [0, 0.1) is 0 Å². The first-order chi connectivity index (χ1) is 11.6. The highest BCUT2D eigenvalue weighted by atomic mass is 79.9. The molecule has 3 rings (SSSR count). The van der Waals surface area contributed by atoms with E-state index in [0.29, 0.717) is 23.4 Å². The second kappa shape index (κ2) is 7.87. The molecule has 0 saturated carbocycles. The summed E-state index contributed by atoms with van der Waals surface area (Å²) >= 11 is 12.1. The molecule has 0 spiro atoms. The minimum atomic E-state index is 0.348. The average molecular weight is 468 g/mol. The Labute approximate surface area is 161 Å². The van der Waals surface area contributed by atoms with Gasteiger partial charge in [-0.25, -0.2) is 0 Å². The Morgan fingerprint density at radius 1 is 1.08 bits per heavy atom. The largest absolute Gasteiger partial charge is 0.353 e. The predicted octanol–water partition coefficient (Wildman–Crippen LogP) is 4.75. The molecule has 0 atom stereocenters. The summed E-state index contributed by atoms with van der Waals surface area (Å²) in [7, 11) is 0. The average Bonchev–Trinajstić information content (AvgIpc) is 3.02.